The molecule has 3 nitrogen and oxygen atoms in total. The highest BCUT2D eigenvalue weighted by molar-refractivity contribution is 7.14. The van der Waals surface area contributed by atoms with E-state index in [2.05, 4.69) is 20.8 Å². The molecule has 1 aromatic heterocycles. The molecule has 0 radical (unpaired) electrons. The molecule has 1 heterocycles. The fourth-order valence-corrected chi connectivity index (χ4v) is 3.01. The van der Waals surface area contributed by atoms with E-state index in [9.17, 15) is 4.79 Å². The van der Waals surface area contributed by atoms with Crippen LogP contribution in [0, 0.1) is 0 Å². The van der Waals surface area contributed by atoms with Crippen molar-refractivity contribution in [2.24, 2.45) is 0 Å². The van der Waals surface area contributed by atoms with Crippen molar-refractivity contribution < 1.29 is 14.3 Å². The second-order valence-electron chi connectivity index (χ2n) is 5.81. The predicted molar refractivity (Wildman–Crippen MR) is 86.0 cm³/mol. The molecule has 0 atom stereocenters. The average Bonchev–Trinajstić information content (AvgIpc) is 2.95. The Labute approximate surface area is 129 Å². The number of ether oxygens (including phenoxy) is 2. The fourth-order valence-electron chi connectivity index (χ4n) is 1.98. The van der Waals surface area contributed by atoms with Crippen molar-refractivity contribution in [3.05, 3.63) is 45.6 Å². The molecule has 1 aromatic carbocycles. The highest BCUT2D eigenvalue weighted by atomic mass is 32.1. The molecule has 0 bridgehead atoms. The SMILES string of the molecule is COc1ccc(C(=O)c2ccc(C(C)(C)C)s2)cc1OC. The Hall–Kier alpha value is -1.81. The maximum absolute atomic E-state index is 12.6. The van der Waals surface area contributed by atoms with Crippen LogP contribution >= 0.6 is 11.3 Å². The first kappa shape index (κ1) is 15.6. The van der Waals surface area contributed by atoms with Gasteiger partial charge in [0.1, 0.15) is 0 Å². The van der Waals surface area contributed by atoms with E-state index in [1.807, 2.05) is 12.1 Å². The molecule has 0 fully saturated rings. The Morgan fingerprint density at radius 1 is 1.00 bits per heavy atom. The second-order valence-corrected chi connectivity index (χ2v) is 6.90. The minimum atomic E-state index is 0.0106. The zero-order valence-electron chi connectivity index (χ0n) is 13.0. The van der Waals surface area contributed by atoms with Crippen molar-refractivity contribution in [3.63, 3.8) is 0 Å². The molecule has 2 aromatic rings. The molecule has 0 saturated carbocycles. The molecule has 0 aliphatic rings. The van der Waals surface area contributed by atoms with Gasteiger partial charge in [0.15, 0.2) is 11.5 Å². The number of benzene rings is 1. The van der Waals surface area contributed by atoms with E-state index in [1.54, 1.807) is 43.8 Å². The molecule has 0 saturated heterocycles. The van der Waals surface area contributed by atoms with Crippen LogP contribution in [0.5, 0.6) is 11.5 Å². The number of ketones is 1. The first-order chi connectivity index (χ1) is 9.86. The van der Waals surface area contributed by atoms with Gasteiger partial charge < -0.3 is 9.47 Å². The lowest BCUT2D eigenvalue weighted by Crippen LogP contribution is -2.08. The maximum atomic E-state index is 12.6. The number of hydrogen-bond donors (Lipinski definition) is 0. The molecule has 0 N–H and O–H groups in total. The van der Waals surface area contributed by atoms with Crippen molar-refractivity contribution in [2.75, 3.05) is 14.2 Å². The average molecular weight is 304 g/mol. The highest BCUT2D eigenvalue weighted by Crippen LogP contribution is 2.32. The van der Waals surface area contributed by atoms with Crippen LogP contribution in [0.4, 0.5) is 0 Å². The van der Waals surface area contributed by atoms with Gasteiger partial charge >= 0.3 is 0 Å². The van der Waals surface area contributed by atoms with Gasteiger partial charge in [-0.2, -0.15) is 0 Å². The van der Waals surface area contributed by atoms with Gasteiger partial charge in [0.25, 0.3) is 0 Å². The Kier molecular flexibility index (Phi) is 4.37. The van der Waals surface area contributed by atoms with Crippen molar-refractivity contribution in [3.8, 4) is 11.5 Å². The van der Waals surface area contributed by atoms with Crippen molar-refractivity contribution >= 4 is 17.1 Å². The highest BCUT2D eigenvalue weighted by Gasteiger charge is 2.20. The molecule has 0 aliphatic heterocycles. The van der Waals surface area contributed by atoms with Crippen LogP contribution in [0.3, 0.4) is 0 Å². The van der Waals surface area contributed by atoms with E-state index in [1.165, 1.54) is 4.88 Å². The molecule has 0 amide bonds. The van der Waals surface area contributed by atoms with Crippen LogP contribution in [0.25, 0.3) is 0 Å². The molecule has 2 rings (SSSR count). The summed E-state index contributed by atoms with van der Waals surface area (Å²) in [6.07, 6.45) is 0. The number of carbonyl (C=O) groups is 1. The molecule has 0 aliphatic carbocycles. The monoisotopic (exact) mass is 304 g/mol. The smallest absolute Gasteiger partial charge is 0.203 e. The largest absolute Gasteiger partial charge is 0.493 e. The van der Waals surface area contributed by atoms with E-state index in [4.69, 9.17) is 9.47 Å². The van der Waals surface area contributed by atoms with Crippen molar-refractivity contribution in [2.45, 2.75) is 26.2 Å². The summed E-state index contributed by atoms with van der Waals surface area (Å²) in [6.45, 7) is 6.43. The summed E-state index contributed by atoms with van der Waals surface area (Å²) in [4.78, 5) is 14.5. The summed E-state index contributed by atoms with van der Waals surface area (Å²) in [5.74, 6) is 1.20. The van der Waals surface area contributed by atoms with Crippen LogP contribution in [0.15, 0.2) is 30.3 Å². The van der Waals surface area contributed by atoms with Gasteiger partial charge in [-0.15, -0.1) is 11.3 Å². The van der Waals surface area contributed by atoms with Crippen LogP contribution in [-0.4, -0.2) is 20.0 Å². The Bertz CT molecular complexity index is 650. The van der Waals surface area contributed by atoms with Gasteiger partial charge in [0, 0.05) is 10.4 Å². The minimum absolute atomic E-state index is 0.0106. The topological polar surface area (TPSA) is 35.5 Å². The zero-order chi connectivity index (χ0) is 15.6. The van der Waals surface area contributed by atoms with Gasteiger partial charge in [-0.1, -0.05) is 20.8 Å². The number of hydrogen-bond acceptors (Lipinski definition) is 4. The van der Waals surface area contributed by atoms with Gasteiger partial charge in [0.05, 0.1) is 19.1 Å². The predicted octanol–water partition coefficient (Wildman–Crippen LogP) is 4.29. The first-order valence-electron chi connectivity index (χ1n) is 6.74. The third-order valence-corrected chi connectivity index (χ3v) is 4.72. The Morgan fingerprint density at radius 2 is 1.67 bits per heavy atom. The van der Waals surface area contributed by atoms with Crippen molar-refractivity contribution in [1.82, 2.24) is 0 Å². The summed E-state index contributed by atoms with van der Waals surface area (Å²) >= 11 is 1.54. The van der Waals surface area contributed by atoms with Crippen LogP contribution in [-0.2, 0) is 5.41 Å². The third kappa shape index (κ3) is 3.27. The van der Waals surface area contributed by atoms with E-state index in [0.717, 1.165) is 4.88 Å². The van der Waals surface area contributed by atoms with Gasteiger partial charge in [-0.05, 0) is 35.7 Å². The molecule has 4 heteroatoms. The van der Waals surface area contributed by atoms with Crippen LogP contribution in [0.2, 0.25) is 0 Å². The molecule has 0 unspecified atom stereocenters. The lowest BCUT2D eigenvalue weighted by Gasteiger charge is -2.15. The molecule has 112 valence electrons. The van der Waals surface area contributed by atoms with E-state index < -0.39 is 0 Å². The fraction of sp³-hybridized carbons (Fsp3) is 0.353. The second kappa shape index (κ2) is 5.90. The van der Waals surface area contributed by atoms with Gasteiger partial charge in [-0.25, -0.2) is 0 Å². The quantitative estimate of drug-likeness (QED) is 0.790. The van der Waals surface area contributed by atoms with E-state index >= 15 is 0 Å². The summed E-state index contributed by atoms with van der Waals surface area (Å²) < 4.78 is 10.4. The van der Waals surface area contributed by atoms with Crippen molar-refractivity contribution in [1.29, 1.82) is 0 Å². The zero-order valence-corrected chi connectivity index (χ0v) is 13.8. The minimum Gasteiger partial charge on any atom is -0.493 e. The number of rotatable bonds is 4. The van der Waals surface area contributed by atoms with E-state index in [-0.39, 0.29) is 11.2 Å². The normalized spacial score (nSPS) is 11.3. The molecular formula is C17H20O3S. The summed E-state index contributed by atoms with van der Waals surface area (Å²) in [5.41, 5.74) is 0.663. The number of methoxy groups -OCH3 is 2. The standard InChI is InChI=1S/C17H20O3S/c1-17(2,3)15-9-8-14(21-15)16(18)11-6-7-12(19-4)13(10-11)20-5/h6-10H,1-5H3. The van der Waals surface area contributed by atoms with Gasteiger partial charge in [-0.3, -0.25) is 4.79 Å². The Morgan fingerprint density at radius 3 is 2.19 bits per heavy atom. The lowest BCUT2D eigenvalue weighted by molar-refractivity contribution is 0.104. The number of carbonyl (C=O) groups excluding carboxylic acids is 1. The molecular weight excluding hydrogens is 284 g/mol. The molecule has 21 heavy (non-hydrogen) atoms. The van der Waals surface area contributed by atoms with Crippen LogP contribution < -0.4 is 9.47 Å². The van der Waals surface area contributed by atoms with Gasteiger partial charge in [0.2, 0.25) is 5.78 Å². The summed E-state index contributed by atoms with van der Waals surface area (Å²) in [7, 11) is 3.14. The lowest BCUT2D eigenvalue weighted by atomic mass is 9.95. The first-order valence-corrected chi connectivity index (χ1v) is 7.55. The Balaban J connectivity index is 2.34. The molecule has 0 spiro atoms. The summed E-state index contributed by atoms with van der Waals surface area (Å²) in [6, 6.07) is 9.16. The maximum Gasteiger partial charge on any atom is 0.203 e. The number of thiophene rings is 1. The third-order valence-electron chi connectivity index (χ3n) is 3.21. The van der Waals surface area contributed by atoms with E-state index in [0.29, 0.717) is 17.1 Å². The summed E-state index contributed by atoms with van der Waals surface area (Å²) in [5, 5.41) is 0. The van der Waals surface area contributed by atoms with Crippen LogP contribution in [0.1, 0.15) is 40.9 Å².